The minimum Gasteiger partial charge on any atom is -0.461 e. The lowest BCUT2D eigenvalue weighted by molar-refractivity contribution is 0.0516. The highest BCUT2D eigenvalue weighted by Crippen LogP contribution is 2.33. The Balaban J connectivity index is 1.83. The molecule has 0 aliphatic rings. The van der Waals surface area contributed by atoms with Crippen molar-refractivity contribution in [3.63, 3.8) is 0 Å². The van der Waals surface area contributed by atoms with Gasteiger partial charge in [-0.2, -0.15) is 5.26 Å². The molecule has 9 heteroatoms. The Morgan fingerprint density at radius 2 is 1.82 bits per heavy atom. The fourth-order valence-electron chi connectivity index (χ4n) is 3.90. The van der Waals surface area contributed by atoms with Crippen molar-refractivity contribution in [2.24, 2.45) is 7.05 Å². The SMILES string of the molecule is CCOC(=O)c1c(-c2ccc(CCNS(=O)(=O)c3ccccc3Cl)cc2)c(C#N)c(CC)n1C. The zero-order valence-corrected chi connectivity index (χ0v) is 20.8. The zero-order chi connectivity index (χ0) is 24.9. The fourth-order valence-corrected chi connectivity index (χ4v) is 5.44. The lowest BCUT2D eigenvalue weighted by atomic mass is 9.98. The van der Waals surface area contributed by atoms with Gasteiger partial charge in [-0.05, 0) is 43.0 Å². The van der Waals surface area contributed by atoms with E-state index in [2.05, 4.69) is 10.8 Å². The number of rotatable bonds is 9. The number of sulfonamides is 1. The number of nitriles is 1. The Morgan fingerprint density at radius 1 is 1.15 bits per heavy atom. The minimum absolute atomic E-state index is 0.0401. The number of hydrogen-bond donors (Lipinski definition) is 1. The van der Waals surface area contributed by atoms with Gasteiger partial charge in [0.25, 0.3) is 0 Å². The third-order valence-corrected chi connectivity index (χ3v) is 7.47. The number of carbonyl (C=O) groups excluding carboxylic acids is 1. The maximum Gasteiger partial charge on any atom is 0.355 e. The smallest absolute Gasteiger partial charge is 0.355 e. The largest absolute Gasteiger partial charge is 0.461 e. The zero-order valence-electron chi connectivity index (χ0n) is 19.3. The molecule has 0 aliphatic heterocycles. The summed E-state index contributed by atoms with van der Waals surface area (Å²) in [5.41, 5.74) is 3.72. The van der Waals surface area contributed by atoms with Crippen LogP contribution in [0, 0.1) is 11.3 Å². The molecule has 0 atom stereocenters. The summed E-state index contributed by atoms with van der Waals surface area (Å²) in [6, 6.07) is 15.9. The second kappa shape index (κ2) is 10.9. The Hall–Kier alpha value is -3.12. The molecule has 0 unspecified atom stereocenters. The molecular formula is C25H26ClN3O4S. The summed E-state index contributed by atoms with van der Waals surface area (Å²) in [6.45, 7) is 4.09. The molecular weight excluding hydrogens is 474 g/mol. The monoisotopic (exact) mass is 499 g/mol. The number of hydrogen-bond acceptors (Lipinski definition) is 5. The average Bonchev–Trinajstić information content (AvgIpc) is 3.11. The molecule has 34 heavy (non-hydrogen) atoms. The number of benzene rings is 2. The molecule has 0 spiro atoms. The number of carbonyl (C=O) groups is 1. The van der Waals surface area contributed by atoms with E-state index in [4.69, 9.17) is 16.3 Å². The van der Waals surface area contributed by atoms with Crippen molar-refractivity contribution in [1.29, 1.82) is 5.26 Å². The van der Waals surface area contributed by atoms with Crippen LogP contribution >= 0.6 is 11.6 Å². The fraction of sp³-hybridized carbons (Fsp3) is 0.280. The van der Waals surface area contributed by atoms with Gasteiger partial charge in [0.2, 0.25) is 10.0 Å². The Kier molecular flexibility index (Phi) is 8.15. The molecule has 178 valence electrons. The van der Waals surface area contributed by atoms with E-state index in [1.54, 1.807) is 30.7 Å². The van der Waals surface area contributed by atoms with Gasteiger partial charge in [-0.1, -0.05) is 54.9 Å². The molecule has 0 fully saturated rings. The van der Waals surface area contributed by atoms with E-state index in [1.807, 2.05) is 31.2 Å². The summed E-state index contributed by atoms with van der Waals surface area (Å²) in [5, 5.41) is 9.98. The number of esters is 1. The number of nitrogens with one attached hydrogen (secondary N) is 1. The molecule has 1 aromatic heterocycles. The Bertz CT molecular complexity index is 1340. The lowest BCUT2D eigenvalue weighted by Gasteiger charge is -2.10. The molecule has 0 aliphatic carbocycles. The molecule has 0 bridgehead atoms. The maximum absolute atomic E-state index is 12.7. The predicted octanol–water partition coefficient (Wildman–Crippen LogP) is 4.48. The number of aromatic nitrogens is 1. The van der Waals surface area contributed by atoms with Gasteiger partial charge < -0.3 is 9.30 Å². The van der Waals surface area contributed by atoms with Gasteiger partial charge in [0.05, 0.1) is 17.2 Å². The second-order valence-electron chi connectivity index (χ2n) is 7.57. The molecule has 1 heterocycles. The van der Waals surface area contributed by atoms with E-state index in [0.717, 1.165) is 16.8 Å². The lowest BCUT2D eigenvalue weighted by Crippen LogP contribution is -2.26. The van der Waals surface area contributed by atoms with Gasteiger partial charge >= 0.3 is 5.97 Å². The van der Waals surface area contributed by atoms with Crippen LogP contribution in [0.2, 0.25) is 5.02 Å². The molecule has 2 aromatic carbocycles. The first-order valence-electron chi connectivity index (χ1n) is 10.9. The van der Waals surface area contributed by atoms with E-state index in [1.165, 1.54) is 12.1 Å². The van der Waals surface area contributed by atoms with E-state index < -0.39 is 16.0 Å². The van der Waals surface area contributed by atoms with E-state index in [0.29, 0.717) is 29.7 Å². The summed E-state index contributed by atoms with van der Waals surface area (Å²) < 4.78 is 34.5. The van der Waals surface area contributed by atoms with Gasteiger partial charge in [0.1, 0.15) is 16.7 Å². The molecule has 0 saturated heterocycles. The minimum atomic E-state index is -3.72. The number of ether oxygens (including phenoxy) is 1. The van der Waals surface area contributed by atoms with Crippen molar-refractivity contribution in [3.8, 4) is 17.2 Å². The van der Waals surface area contributed by atoms with Crippen LogP contribution in [-0.2, 0) is 34.6 Å². The quantitative estimate of drug-likeness (QED) is 0.437. The summed E-state index contributed by atoms with van der Waals surface area (Å²) in [4.78, 5) is 12.7. The van der Waals surface area contributed by atoms with Crippen LogP contribution < -0.4 is 4.72 Å². The Labute approximate surface area is 205 Å². The molecule has 1 N–H and O–H groups in total. The number of halogens is 1. The molecule has 0 radical (unpaired) electrons. The first-order valence-corrected chi connectivity index (χ1v) is 12.7. The first kappa shape index (κ1) is 25.5. The second-order valence-corrected chi connectivity index (χ2v) is 9.71. The molecule has 3 aromatic rings. The van der Waals surface area contributed by atoms with Crippen molar-refractivity contribution < 1.29 is 17.9 Å². The Morgan fingerprint density at radius 3 is 2.41 bits per heavy atom. The van der Waals surface area contributed by atoms with Gasteiger partial charge in [-0.3, -0.25) is 0 Å². The van der Waals surface area contributed by atoms with Gasteiger partial charge in [-0.25, -0.2) is 17.9 Å². The van der Waals surface area contributed by atoms with Crippen LogP contribution in [0.5, 0.6) is 0 Å². The topological polar surface area (TPSA) is 101 Å². The van der Waals surface area contributed by atoms with Crippen LogP contribution in [-0.4, -0.2) is 32.1 Å². The van der Waals surface area contributed by atoms with Gasteiger partial charge in [0.15, 0.2) is 0 Å². The van der Waals surface area contributed by atoms with E-state index in [9.17, 15) is 18.5 Å². The summed E-state index contributed by atoms with van der Waals surface area (Å²) in [5.74, 6) is -0.478. The molecule has 7 nitrogen and oxygen atoms in total. The van der Waals surface area contributed by atoms with E-state index in [-0.39, 0.29) is 23.1 Å². The average molecular weight is 500 g/mol. The highest BCUT2D eigenvalue weighted by molar-refractivity contribution is 7.89. The van der Waals surface area contributed by atoms with Crippen molar-refractivity contribution in [2.75, 3.05) is 13.2 Å². The molecule has 3 rings (SSSR count). The third-order valence-electron chi connectivity index (χ3n) is 5.51. The normalized spacial score (nSPS) is 11.3. The standard InChI is InChI=1S/C25H26ClN3O4S/c1-4-21-19(16-27)23(24(29(21)3)25(30)33-5-2)18-12-10-17(11-13-18)14-15-28-34(31,32)22-9-7-6-8-20(22)26/h6-13,28H,4-5,14-15H2,1-3H3. The van der Waals surface area contributed by atoms with E-state index >= 15 is 0 Å². The molecule has 0 saturated carbocycles. The van der Waals surface area contributed by atoms with Crippen LogP contribution in [0.4, 0.5) is 0 Å². The van der Waals surface area contributed by atoms with Crippen molar-refractivity contribution in [3.05, 3.63) is 76.1 Å². The summed E-state index contributed by atoms with van der Waals surface area (Å²) >= 11 is 6.01. The van der Waals surface area contributed by atoms with Crippen molar-refractivity contribution in [2.45, 2.75) is 31.6 Å². The van der Waals surface area contributed by atoms with Gasteiger partial charge in [0, 0.05) is 24.8 Å². The summed E-state index contributed by atoms with van der Waals surface area (Å²) in [7, 11) is -1.96. The third kappa shape index (κ3) is 5.17. The molecule has 0 amide bonds. The predicted molar refractivity (Wildman–Crippen MR) is 131 cm³/mol. The van der Waals surface area contributed by atoms with Crippen molar-refractivity contribution >= 4 is 27.6 Å². The van der Waals surface area contributed by atoms with Crippen LogP contribution in [0.15, 0.2) is 53.4 Å². The number of nitrogens with zero attached hydrogens (tertiary/aromatic N) is 2. The highest BCUT2D eigenvalue weighted by atomic mass is 35.5. The van der Waals surface area contributed by atoms with Crippen LogP contribution in [0.1, 0.15) is 41.2 Å². The van der Waals surface area contributed by atoms with Crippen LogP contribution in [0.25, 0.3) is 11.1 Å². The van der Waals surface area contributed by atoms with Gasteiger partial charge in [-0.15, -0.1) is 0 Å². The first-order chi connectivity index (χ1) is 16.2. The highest BCUT2D eigenvalue weighted by Gasteiger charge is 2.26. The summed E-state index contributed by atoms with van der Waals surface area (Å²) in [6.07, 6.45) is 1.05. The van der Waals surface area contributed by atoms with Crippen LogP contribution in [0.3, 0.4) is 0 Å². The van der Waals surface area contributed by atoms with Crippen molar-refractivity contribution in [1.82, 2.24) is 9.29 Å². The maximum atomic E-state index is 12.7.